The average molecular weight is 259 g/mol. The molecule has 0 aromatic rings. The summed E-state index contributed by atoms with van der Waals surface area (Å²) in [5.74, 6) is -2.31. The Morgan fingerprint density at radius 1 is 1.41 bits per heavy atom. The minimum absolute atomic E-state index is 0.291. The van der Waals surface area contributed by atoms with E-state index in [-0.39, 0.29) is 6.61 Å². The molecule has 0 aromatic carbocycles. The lowest BCUT2D eigenvalue weighted by atomic mass is 10.3. The van der Waals surface area contributed by atoms with E-state index in [0.29, 0.717) is 0 Å². The number of carbonyl (C=O) groups excluding carboxylic acids is 1. The summed E-state index contributed by atoms with van der Waals surface area (Å²) in [5.41, 5.74) is 0. The number of ether oxygens (including phenoxy) is 2. The van der Waals surface area contributed by atoms with Crippen molar-refractivity contribution in [2.75, 3.05) is 26.9 Å². The third kappa shape index (κ3) is 8.46. The maximum atomic E-state index is 11.6. The molecule has 0 rings (SSSR count). The number of amides is 1. The van der Waals surface area contributed by atoms with Crippen molar-refractivity contribution >= 4 is 11.9 Å². The topological polar surface area (TPSA) is 84.9 Å². The lowest BCUT2D eigenvalue weighted by molar-refractivity contribution is -0.176. The van der Waals surface area contributed by atoms with Gasteiger partial charge in [0.2, 0.25) is 5.91 Å². The molecule has 0 fully saturated rings. The lowest BCUT2D eigenvalue weighted by Crippen LogP contribution is -2.45. The van der Waals surface area contributed by atoms with Crippen LogP contribution < -0.4 is 5.32 Å². The molecule has 9 heteroatoms. The Hall–Kier alpha value is -1.35. The van der Waals surface area contributed by atoms with Gasteiger partial charge in [-0.3, -0.25) is 4.79 Å². The van der Waals surface area contributed by atoms with Crippen LogP contribution in [0.15, 0.2) is 0 Å². The number of hydrogen-bond acceptors (Lipinski definition) is 4. The SMILES string of the molecule is COCC(NC(=O)COCC(F)(F)F)C(=O)O. The Bertz CT molecular complexity index is 268. The number of methoxy groups -OCH3 is 1. The maximum Gasteiger partial charge on any atom is 0.411 e. The smallest absolute Gasteiger partial charge is 0.411 e. The molecule has 17 heavy (non-hydrogen) atoms. The van der Waals surface area contributed by atoms with E-state index in [2.05, 4.69) is 9.47 Å². The van der Waals surface area contributed by atoms with Crippen LogP contribution in [0.1, 0.15) is 0 Å². The number of carboxylic acid groups (broad SMARTS) is 1. The van der Waals surface area contributed by atoms with E-state index in [1.807, 2.05) is 5.32 Å². The van der Waals surface area contributed by atoms with Crippen LogP contribution in [0.4, 0.5) is 13.2 Å². The van der Waals surface area contributed by atoms with Gasteiger partial charge in [0, 0.05) is 7.11 Å². The zero-order valence-corrected chi connectivity index (χ0v) is 8.91. The lowest BCUT2D eigenvalue weighted by Gasteiger charge is -2.13. The molecular formula is C8H12F3NO5. The number of aliphatic carboxylic acids is 1. The summed E-state index contributed by atoms with van der Waals surface area (Å²) in [6, 6.07) is -1.32. The van der Waals surface area contributed by atoms with Crippen LogP contribution in [-0.4, -0.2) is 56.1 Å². The second kappa shape index (κ2) is 7.07. The van der Waals surface area contributed by atoms with Crippen LogP contribution in [-0.2, 0) is 19.1 Å². The van der Waals surface area contributed by atoms with E-state index in [0.717, 1.165) is 0 Å². The van der Waals surface area contributed by atoms with Crippen molar-refractivity contribution in [3.05, 3.63) is 0 Å². The van der Waals surface area contributed by atoms with Crippen molar-refractivity contribution in [1.29, 1.82) is 0 Å². The summed E-state index contributed by atoms with van der Waals surface area (Å²) in [6.45, 7) is -2.73. The molecule has 0 aromatic heterocycles. The van der Waals surface area contributed by atoms with Crippen molar-refractivity contribution in [3.63, 3.8) is 0 Å². The largest absolute Gasteiger partial charge is 0.480 e. The predicted molar refractivity (Wildman–Crippen MR) is 48.3 cm³/mol. The Balaban J connectivity index is 3.95. The van der Waals surface area contributed by atoms with Gasteiger partial charge in [-0.15, -0.1) is 0 Å². The zero-order valence-electron chi connectivity index (χ0n) is 8.91. The molecule has 2 N–H and O–H groups in total. The third-order valence-corrected chi connectivity index (χ3v) is 1.47. The minimum atomic E-state index is -4.53. The maximum absolute atomic E-state index is 11.6. The van der Waals surface area contributed by atoms with E-state index in [1.165, 1.54) is 7.11 Å². The van der Waals surface area contributed by atoms with Crippen LogP contribution in [0.25, 0.3) is 0 Å². The fourth-order valence-electron chi connectivity index (χ4n) is 0.837. The summed E-state index contributed by atoms with van der Waals surface area (Å²) < 4.78 is 43.5. The van der Waals surface area contributed by atoms with Crippen LogP contribution in [0, 0.1) is 0 Å². The molecule has 1 amide bonds. The van der Waals surface area contributed by atoms with Crippen molar-refractivity contribution in [1.82, 2.24) is 5.32 Å². The first kappa shape index (κ1) is 15.7. The predicted octanol–water partition coefficient (Wildman–Crippen LogP) is -0.219. The molecule has 0 bridgehead atoms. The monoisotopic (exact) mass is 259 g/mol. The molecule has 100 valence electrons. The average Bonchev–Trinajstić information content (AvgIpc) is 2.14. The van der Waals surface area contributed by atoms with Crippen molar-refractivity contribution in [2.24, 2.45) is 0 Å². The first-order valence-corrected chi connectivity index (χ1v) is 4.42. The van der Waals surface area contributed by atoms with Crippen LogP contribution >= 0.6 is 0 Å². The molecule has 0 saturated heterocycles. The second-order valence-corrected chi connectivity index (χ2v) is 3.02. The highest BCUT2D eigenvalue weighted by Gasteiger charge is 2.28. The number of hydrogen-bond donors (Lipinski definition) is 2. The summed E-state index contributed by atoms with van der Waals surface area (Å²) in [7, 11) is 1.22. The molecule has 0 spiro atoms. The van der Waals surface area contributed by atoms with Gasteiger partial charge in [-0.2, -0.15) is 13.2 Å². The highest BCUT2D eigenvalue weighted by Crippen LogP contribution is 2.13. The molecule has 0 aliphatic carbocycles. The molecule has 0 aliphatic heterocycles. The van der Waals surface area contributed by atoms with E-state index in [9.17, 15) is 22.8 Å². The Morgan fingerprint density at radius 2 is 2.00 bits per heavy atom. The molecule has 0 heterocycles. The molecule has 6 nitrogen and oxygen atoms in total. The second-order valence-electron chi connectivity index (χ2n) is 3.02. The summed E-state index contributed by atoms with van der Waals surface area (Å²) >= 11 is 0. The number of carbonyl (C=O) groups is 2. The number of rotatable bonds is 7. The number of carboxylic acids is 1. The van der Waals surface area contributed by atoms with Gasteiger partial charge in [0.15, 0.2) is 6.04 Å². The number of halogens is 3. The van der Waals surface area contributed by atoms with Crippen molar-refractivity contribution in [2.45, 2.75) is 12.2 Å². The molecular weight excluding hydrogens is 247 g/mol. The first-order chi connectivity index (χ1) is 7.76. The van der Waals surface area contributed by atoms with Crippen LogP contribution in [0.2, 0.25) is 0 Å². The third-order valence-electron chi connectivity index (χ3n) is 1.47. The normalized spacial score (nSPS) is 13.2. The summed E-state index contributed by atoms with van der Waals surface area (Å²) in [5, 5.41) is 10.5. The number of alkyl halides is 3. The molecule has 1 atom stereocenters. The Kier molecular flexibility index (Phi) is 6.51. The van der Waals surface area contributed by atoms with Crippen LogP contribution in [0.5, 0.6) is 0 Å². The number of nitrogens with one attached hydrogen (secondary N) is 1. The van der Waals surface area contributed by atoms with Gasteiger partial charge in [0.25, 0.3) is 0 Å². The fourth-order valence-corrected chi connectivity index (χ4v) is 0.837. The summed E-state index contributed by atoms with van der Waals surface area (Å²) in [6.07, 6.45) is -4.53. The van der Waals surface area contributed by atoms with Crippen LogP contribution in [0.3, 0.4) is 0 Å². The molecule has 1 unspecified atom stereocenters. The highest BCUT2D eigenvalue weighted by atomic mass is 19.4. The molecule has 0 aliphatic rings. The van der Waals surface area contributed by atoms with Gasteiger partial charge in [0.1, 0.15) is 13.2 Å². The van der Waals surface area contributed by atoms with E-state index >= 15 is 0 Å². The van der Waals surface area contributed by atoms with Gasteiger partial charge < -0.3 is 19.9 Å². The highest BCUT2D eigenvalue weighted by molar-refractivity contribution is 5.84. The molecule has 0 radical (unpaired) electrons. The summed E-state index contributed by atoms with van der Waals surface area (Å²) in [4.78, 5) is 21.5. The van der Waals surface area contributed by atoms with Gasteiger partial charge in [-0.1, -0.05) is 0 Å². The van der Waals surface area contributed by atoms with Gasteiger partial charge >= 0.3 is 12.1 Å². The van der Waals surface area contributed by atoms with E-state index < -0.39 is 37.3 Å². The quantitative estimate of drug-likeness (QED) is 0.660. The fraction of sp³-hybridized carbons (Fsp3) is 0.750. The first-order valence-electron chi connectivity index (χ1n) is 4.42. The zero-order chi connectivity index (χ0) is 13.5. The molecule has 0 saturated carbocycles. The van der Waals surface area contributed by atoms with Gasteiger partial charge in [-0.05, 0) is 0 Å². The van der Waals surface area contributed by atoms with E-state index in [1.54, 1.807) is 0 Å². The minimum Gasteiger partial charge on any atom is -0.480 e. The van der Waals surface area contributed by atoms with Gasteiger partial charge in [-0.25, -0.2) is 4.79 Å². The Labute approximate surface area is 94.7 Å². The van der Waals surface area contributed by atoms with E-state index in [4.69, 9.17) is 5.11 Å². The standard InChI is InChI=1S/C8H12F3NO5/c1-16-2-5(7(14)15)12-6(13)3-17-4-8(9,10)11/h5H,2-4H2,1H3,(H,12,13)(H,14,15). The van der Waals surface area contributed by atoms with Crippen molar-refractivity contribution < 1.29 is 37.3 Å². The Morgan fingerprint density at radius 3 is 2.41 bits per heavy atom. The van der Waals surface area contributed by atoms with Gasteiger partial charge in [0.05, 0.1) is 6.61 Å². The van der Waals surface area contributed by atoms with Crippen molar-refractivity contribution in [3.8, 4) is 0 Å².